The molecule has 0 amide bonds. The van der Waals surface area contributed by atoms with Gasteiger partial charge in [-0.15, -0.1) is 0 Å². The first kappa shape index (κ1) is 21.4. The van der Waals surface area contributed by atoms with Gasteiger partial charge in [0.25, 0.3) is 0 Å². The summed E-state index contributed by atoms with van der Waals surface area (Å²) in [5, 5.41) is 0. The summed E-state index contributed by atoms with van der Waals surface area (Å²) in [6.07, 6.45) is 0. The van der Waals surface area contributed by atoms with Crippen molar-refractivity contribution in [3.8, 4) is 0 Å². The van der Waals surface area contributed by atoms with E-state index in [1.54, 1.807) is 23.3 Å². The summed E-state index contributed by atoms with van der Waals surface area (Å²) < 4.78 is 0. The van der Waals surface area contributed by atoms with Crippen molar-refractivity contribution in [1.82, 2.24) is 0 Å². The van der Waals surface area contributed by atoms with Crippen LogP contribution in [0.3, 0.4) is 0 Å². The number of halogens is 1. The van der Waals surface area contributed by atoms with E-state index in [-0.39, 0.29) is 17.8 Å². The minimum absolute atomic E-state index is 0. The Balaban J connectivity index is 0. The molecule has 0 spiro atoms. The summed E-state index contributed by atoms with van der Waals surface area (Å²) in [4.78, 5) is 0. The number of rotatable bonds is 0. The molecule has 0 atom stereocenters. The van der Waals surface area contributed by atoms with Crippen LogP contribution in [-0.4, -0.2) is 5.43 Å². The summed E-state index contributed by atoms with van der Waals surface area (Å²) in [5.74, 6) is 0. The second-order valence-electron chi connectivity index (χ2n) is 4.93. The second-order valence-corrected chi connectivity index (χ2v) is 14.3. The van der Waals surface area contributed by atoms with Crippen molar-refractivity contribution in [2.45, 2.75) is 40.8 Å². The van der Waals surface area contributed by atoms with E-state index in [1.165, 1.54) is 22.3 Å². The fraction of sp³-hybridized carbons (Fsp3) is 0.375. The Hall–Kier alpha value is 0.0900. The van der Waals surface area contributed by atoms with Crippen LogP contribution in [0, 0.1) is 27.7 Å². The fourth-order valence-corrected chi connectivity index (χ4v) is 1.44. The molecule has 0 saturated carbocycles. The van der Waals surface area contributed by atoms with E-state index < -0.39 is 0 Å². The Labute approximate surface area is 140 Å². The Morgan fingerprint density at radius 3 is 1.16 bits per heavy atom. The summed E-state index contributed by atoms with van der Waals surface area (Å²) in [6.45, 7) is 13.0. The monoisotopic (exact) mass is 369 g/mol. The van der Waals surface area contributed by atoms with Gasteiger partial charge in [0.05, 0.1) is 0 Å². The second kappa shape index (κ2) is 11.9. The third-order valence-electron chi connectivity index (χ3n) is 2.13. The molecule has 0 aromatic heterocycles. The molecule has 0 saturated heterocycles. The van der Waals surface area contributed by atoms with Crippen LogP contribution in [0.15, 0.2) is 36.4 Å². The Morgan fingerprint density at radius 1 is 0.842 bits per heavy atom. The smallest absolute Gasteiger partial charge is 0.0635 e. The number of aryl methyl sites for hydroxylation is 4. The molecule has 0 N–H and O–H groups in total. The molecule has 0 unspecified atom stereocenters. The van der Waals surface area contributed by atoms with Gasteiger partial charge in [0.2, 0.25) is 0 Å². The molecule has 0 nitrogen and oxygen atoms in total. The molecule has 2 aromatic rings. The van der Waals surface area contributed by atoms with Crippen molar-refractivity contribution in [3.63, 3.8) is 0 Å². The molecule has 0 heterocycles. The van der Waals surface area contributed by atoms with Crippen LogP contribution in [0.5, 0.6) is 0 Å². The molecule has 3 heteroatoms. The topological polar surface area (TPSA) is 0 Å². The molecule has 2 rings (SSSR count). The maximum Gasteiger partial charge on any atom is -0.0635 e. The Kier molecular flexibility index (Phi) is 13.4. The van der Waals surface area contributed by atoms with Gasteiger partial charge in [-0.3, -0.25) is 0 Å². The standard InChI is InChI=1S/2C7H9.C2H6Si.ClH.Zr/c2*1-6-3-4-7(2)5-6;1-3-2;;/h2*3-5H,1-2H3;1-2H3;1H;/q2*-1;;;/p-1. The van der Waals surface area contributed by atoms with Gasteiger partial charge in [-0.2, -0.15) is 35.4 Å². The van der Waals surface area contributed by atoms with Crippen LogP contribution in [0.2, 0.25) is 13.1 Å². The third-order valence-corrected chi connectivity index (χ3v) is 2.13. The molecular weight excluding hydrogens is 347 g/mol. The zero-order valence-corrected chi connectivity index (χ0v) is 17.1. The van der Waals surface area contributed by atoms with Crippen molar-refractivity contribution < 1.29 is 35.7 Å². The van der Waals surface area contributed by atoms with Crippen molar-refractivity contribution in [3.05, 3.63) is 58.7 Å². The number of hydrogen-bond acceptors (Lipinski definition) is 0. The maximum absolute atomic E-state index is 2.31. The van der Waals surface area contributed by atoms with Crippen LogP contribution in [0.25, 0.3) is 0 Å². The minimum atomic E-state index is 0. The molecule has 0 fully saturated rings. The van der Waals surface area contributed by atoms with E-state index >= 15 is 0 Å². The third kappa shape index (κ3) is 14.3. The normalized spacial score (nSPS) is 8.26. The molecule has 19 heavy (non-hydrogen) atoms. The van der Waals surface area contributed by atoms with E-state index in [9.17, 15) is 0 Å². The van der Waals surface area contributed by atoms with E-state index in [1.807, 2.05) is 0 Å². The van der Waals surface area contributed by atoms with E-state index in [2.05, 4.69) is 77.2 Å². The van der Waals surface area contributed by atoms with Crippen molar-refractivity contribution in [2.75, 3.05) is 0 Å². The summed E-state index contributed by atoms with van der Waals surface area (Å²) >= 11 is 1.74. The van der Waals surface area contributed by atoms with Crippen LogP contribution < -0.4 is 12.4 Å². The van der Waals surface area contributed by atoms with E-state index in [0.29, 0.717) is 0 Å². The minimum Gasteiger partial charge on any atom is -1.00 e. The average Bonchev–Trinajstić information content (AvgIpc) is 2.76. The van der Waals surface area contributed by atoms with Crippen molar-refractivity contribution in [1.29, 1.82) is 0 Å². The molecule has 106 valence electrons. The predicted octanol–water partition coefficient (Wildman–Crippen LogP) is 1.83. The Morgan fingerprint density at radius 2 is 1.11 bits per heavy atom. The fourth-order valence-electron chi connectivity index (χ4n) is 1.44. The Bertz CT molecular complexity index is 393. The quantitative estimate of drug-likeness (QED) is 0.490. The van der Waals surface area contributed by atoms with Gasteiger partial charge in [0.15, 0.2) is 0 Å². The van der Waals surface area contributed by atoms with E-state index in [0.717, 1.165) is 0 Å². The van der Waals surface area contributed by atoms with Crippen LogP contribution >= 0.6 is 0 Å². The van der Waals surface area contributed by atoms with Gasteiger partial charge >= 0.3 is 41.9 Å². The summed E-state index contributed by atoms with van der Waals surface area (Å²) in [6, 6.07) is 12.8. The molecular formula is C16H24ClSiZr-3. The summed E-state index contributed by atoms with van der Waals surface area (Å²) in [7, 11) is 0. The molecule has 0 aliphatic heterocycles. The van der Waals surface area contributed by atoms with Crippen LogP contribution in [0.4, 0.5) is 0 Å². The first-order valence-corrected chi connectivity index (χ1v) is 12.4. The zero-order valence-electron chi connectivity index (χ0n) is 12.8. The zero-order chi connectivity index (χ0) is 14.1. The van der Waals surface area contributed by atoms with Gasteiger partial charge < -0.3 is 12.4 Å². The first-order valence-electron chi connectivity index (χ1n) is 6.23. The summed E-state index contributed by atoms with van der Waals surface area (Å²) in [5.41, 5.74) is 5.65. The van der Waals surface area contributed by atoms with Crippen molar-refractivity contribution in [2.24, 2.45) is 0 Å². The molecule has 0 radical (unpaired) electrons. The van der Waals surface area contributed by atoms with Crippen LogP contribution in [0.1, 0.15) is 22.3 Å². The van der Waals surface area contributed by atoms with Gasteiger partial charge in [0, 0.05) is 0 Å². The van der Waals surface area contributed by atoms with Gasteiger partial charge in [-0.25, -0.2) is 23.3 Å². The molecule has 0 aliphatic carbocycles. The van der Waals surface area contributed by atoms with Gasteiger partial charge in [-0.1, -0.05) is 27.7 Å². The van der Waals surface area contributed by atoms with Crippen LogP contribution in [-0.2, 0) is 23.3 Å². The SMILES string of the molecule is C[Si](C)=[Zr].Cc1c[cH-]c(C)c1.Cc1c[cH-]c(C)c1.[Cl-]. The maximum atomic E-state index is 2.31. The largest absolute Gasteiger partial charge is 1.00 e. The van der Waals surface area contributed by atoms with E-state index in [4.69, 9.17) is 0 Å². The predicted molar refractivity (Wildman–Crippen MR) is 80.5 cm³/mol. The molecule has 2 aromatic carbocycles. The van der Waals surface area contributed by atoms with Gasteiger partial charge in [0.1, 0.15) is 0 Å². The van der Waals surface area contributed by atoms with Crippen molar-refractivity contribution >= 4 is 5.43 Å². The van der Waals surface area contributed by atoms with Gasteiger partial charge in [-0.05, 0) is 0 Å². The average molecular weight is 371 g/mol. The molecule has 0 bridgehead atoms. The first-order chi connectivity index (χ1) is 8.31. The number of hydrogen-bond donors (Lipinski definition) is 0. The molecule has 0 aliphatic rings.